The molecule has 1 aromatic carbocycles. The molecule has 0 fully saturated rings. The summed E-state index contributed by atoms with van der Waals surface area (Å²) in [5, 5.41) is 2.03. The Hall–Kier alpha value is -1.20. The van der Waals surface area contributed by atoms with Crippen LogP contribution in [0.5, 0.6) is 0 Å². The Morgan fingerprint density at radius 3 is 2.94 bits per heavy atom. The molecule has 0 aliphatic carbocycles. The molecule has 0 saturated heterocycles. The minimum atomic E-state index is -0.261. The first-order valence-corrected chi connectivity index (χ1v) is 6.71. The van der Waals surface area contributed by atoms with Crippen molar-refractivity contribution in [3.05, 3.63) is 45.8 Å². The van der Waals surface area contributed by atoms with Crippen molar-refractivity contribution < 1.29 is 4.39 Å². The summed E-state index contributed by atoms with van der Waals surface area (Å²) in [4.78, 5) is 5.31. The number of aromatic nitrogens is 2. The van der Waals surface area contributed by atoms with Crippen LogP contribution in [0.25, 0.3) is 16.2 Å². The molecule has 86 valence electrons. The second kappa shape index (κ2) is 3.92. The monoisotopic (exact) mass is 310 g/mol. The summed E-state index contributed by atoms with van der Waals surface area (Å²) in [6, 6.07) is 5.01. The van der Waals surface area contributed by atoms with Crippen molar-refractivity contribution in [2.45, 2.75) is 6.92 Å². The van der Waals surface area contributed by atoms with E-state index in [0.29, 0.717) is 11.3 Å². The van der Waals surface area contributed by atoms with E-state index in [2.05, 4.69) is 20.9 Å². The molecule has 3 aromatic rings. The summed E-state index contributed by atoms with van der Waals surface area (Å²) in [6.07, 6.45) is 1.87. The highest BCUT2D eigenvalue weighted by atomic mass is 79.9. The number of nitrogens with zero attached hydrogens (tertiary/aromatic N) is 2. The lowest BCUT2D eigenvalue weighted by molar-refractivity contribution is 0.630. The zero-order valence-corrected chi connectivity index (χ0v) is 11.3. The summed E-state index contributed by atoms with van der Waals surface area (Å²) < 4.78 is 16.5. The van der Waals surface area contributed by atoms with E-state index in [1.54, 1.807) is 17.4 Å². The van der Waals surface area contributed by atoms with Crippen LogP contribution in [0, 0.1) is 12.7 Å². The minimum absolute atomic E-state index is 0.261. The van der Waals surface area contributed by atoms with Crippen molar-refractivity contribution in [3.8, 4) is 11.3 Å². The molecule has 0 atom stereocenters. The van der Waals surface area contributed by atoms with Crippen molar-refractivity contribution in [1.29, 1.82) is 0 Å². The lowest BCUT2D eigenvalue weighted by Crippen LogP contribution is -1.84. The Morgan fingerprint density at radius 2 is 2.24 bits per heavy atom. The van der Waals surface area contributed by atoms with Gasteiger partial charge in [0.25, 0.3) is 0 Å². The van der Waals surface area contributed by atoms with Gasteiger partial charge in [0.15, 0.2) is 4.96 Å². The molecule has 0 spiro atoms. The third kappa shape index (κ3) is 1.79. The van der Waals surface area contributed by atoms with E-state index in [1.165, 1.54) is 6.07 Å². The molecular weight excluding hydrogens is 303 g/mol. The summed E-state index contributed by atoms with van der Waals surface area (Å²) in [5.41, 5.74) is 2.31. The third-order valence-corrected chi connectivity index (χ3v) is 4.05. The Bertz CT molecular complexity index is 702. The summed E-state index contributed by atoms with van der Waals surface area (Å²) in [5.74, 6) is -0.261. The van der Waals surface area contributed by atoms with E-state index in [-0.39, 0.29) is 5.82 Å². The average molecular weight is 311 g/mol. The molecule has 0 radical (unpaired) electrons. The number of hydrogen-bond donors (Lipinski definition) is 0. The SMILES string of the molecule is Cc1csc2nc(-c3ccc(Br)cc3F)cn12. The number of hydrogen-bond acceptors (Lipinski definition) is 2. The maximum Gasteiger partial charge on any atom is 0.194 e. The molecule has 0 N–H and O–H groups in total. The van der Waals surface area contributed by atoms with Gasteiger partial charge in [0, 0.05) is 27.3 Å². The second-order valence-electron chi connectivity index (χ2n) is 3.78. The summed E-state index contributed by atoms with van der Waals surface area (Å²) >= 11 is 4.80. The molecular formula is C12H8BrFN2S. The molecule has 3 rings (SSSR count). The molecule has 0 bridgehead atoms. The minimum Gasteiger partial charge on any atom is -0.294 e. The molecule has 2 heterocycles. The van der Waals surface area contributed by atoms with Crippen molar-refractivity contribution in [1.82, 2.24) is 9.38 Å². The van der Waals surface area contributed by atoms with Crippen molar-refractivity contribution in [3.63, 3.8) is 0 Å². The predicted molar refractivity (Wildman–Crippen MR) is 70.9 cm³/mol. The second-order valence-corrected chi connectivity index (χ2v) is 5.53. The van der Waals surface area contributed by atoms with Gasteiger partial charge in [-0.2, -0.15) is 0 Å². The lowest BCUT2D eigenvalue weighted by atomic mass is 10.1. The number of thiazole rings is 1. The Morgan fingerprint density at radius 1 is 1.41 bits per heavy atom. The van der Waals surface area contributed by atoms with Crippen LogP contribution >= 0.6 is 27.3 Å². The van der Waals surface area contributed by atoms with Crippen LogP contribution in [0.2, 0.25) is 0 Å². The summed E-state index contributed by atoms with van der Waals surface area (Å²) in [6.45, 7) is 2.01. The normalized spacial score (nSPS) is 11.2. The first-order valence-electron chi connectivity index (χ1n) is 5.04. The van der Waals surface area contributed by atoms with E-state index >= 15 is 0 Å². The van der Waals surface area contributed by atoms with Crippen LogP contribution in [0.4, 0.5) is 4.39 Å². The topological polar surface area (TPSA) is 17.3 Å². The Balaban J connectivity index is 2.20. The maximum absolute atomic E-state index is 13.8. The number of rotatable bonds is 1. The molecule has 5 heteroatoms. The number of fused-ring (bicyclic) bond motifs is 1. The van der Waals surface area contributed by atoms with Gasteiger partial charge >= 0.3 is 0 Å². The molecule has 2 nitrogen and oxygen atoms in total. The van der Waals surface area contributed by atoms with Gasteiger partial charge in [-0.15, -0.1) is 11.3 Å². The Kier molecular flexibility index (Phi) is 2.52. The van der Waals surface area contributed by atoms with Crippen LogP contribution in [0.15, 0.2) is 34.2 Å². The maximum atomic E-state index is 13.8. The fraction of sp³-hybridized carbons (Fsp3) is 0.0833. The van der Waals surface area contributed by atoms with Gasteiger partial charge in [0.1, 0.15) is 5.82 Å². The van der Waals surface area contributed by atoms with Crippen molar-refractivity contribution in [2.75, 3.05) is 0 Å². The highest BCUT2D eigenvalue weighted by Gasteiger charge is 2.11. The van der Waals surface area contributed by atoms with E-state index in [9.17, 15) is 4.39 Å². The fourth-order valence-electron chi connectivity index (χ4n) is 1.72. The number of benzene rings is 1. The zero-order valence-electron chi connectivity index (χ0n) is 8.95. The predicted octanol–water partition coefficient (Wildman–Crippen LogP) is 4.27. The molecule has 0 aliphatic rings. The first kappa shape index (κ1) is 10.9. The van der Waals surface area contributed by atoms with Gasteiger partial charge < -0.3 is 0 Å². The number of halogens is 2. The van der Waals surface area contributed by atoms with E-state index < -0.39 is 0 Å². The van der Waals surface area contributed by atoms with E-state index in [1.807, 2.05) is 29.0 Å². The third-order valence-electron chi connectivity index (χ3n) is 2.60. The highest BCUT2D eigenvalue weighted by molar-refractivity contribution is 9.10. The van der Waals surface area contributed by atoms with Crippen LogP contribution in [0.3, 0.4) is 0 Å². The molecule has 0 unspecified atom stereocenters. The number of aryl methyl sites for hydroxylation is 1. The van der Waals surface area contributed by atoms with Gasteiger partial charge in [0.2, 0.25) is 0 Å². The fourth-order valence-corrected chi connectivity index (χ4v) is 2.90. The van der Waals surface area contributed by atoms with Crippen molar-refractivity contribution >= 4 is 32.2 Å². The van der Waals surface area contributed by atoms with Crippen LogP contribution in [0.1, 0.15) is 5.69 Å². The highest BCUT2D eigenvalue weighted by Crippen LogP contribution is 2.27. The van der Waals surface area contributed by atoms with Crippen molar-refractivity contribution in [2.24, 2.45) is 0 Å². The summed E-state index contributed by atoms with van der Waals surface area (Å²) in [7, 11) is 0. The standard InChI is InChI=1S/C12H8BrFN2S/c1-7-6-17-12-15-11(5-16(7)12)9-3-2-8(13)4-10(9)14/h2-6H,1H3. The van der Waals surface area contributed by atoms with Gasteiger partial charge in [-0.1, -0.05) is 15.9 Å². The zero-order chi connectivity index (χ0) is 12.0. The lowest BCUT2D eigenvalue weighted by Gasteiger charge is -1.99. The molecule has 2 aromatic heterocycles. The molecule has 0 aliphatic heterocycles. The van der Waals surface area contributed by atoms with E-state index in [0.717, 1.165) is 15.1 Å². The average Bonchev–Trinajstić information content (AvgIpc) is 2.81. The smallest absolute Gasteiger partial charge is 0.194 e. The Labute approximate surface area is 110 Å². The quantitative estimate of drug-likeness (QED) is 0.656. The van der Waals surface area contributed by atoms with Gasteiger partial charge in [0.05, 0.1) is 5.69 Å². The van der Waals surface area contributed by atoms with Crippen LogP contribution in [-0.2, 0) is 0 Å². The number of imidazole rings is 1. The van der Waals surface area contributed by atoms with Gasteiger partial charge in [-0.3, -0.25) is 4.40 Å². The van der Waals surface area contributed by atoms with E-state index in [4.69, 9.17) is 0 Å². The van der Waals surface area contributed by atoms with Gasteiger partial charge in [-0.25, -0.2) is 9.37 Å². The van der Waals surface area contributed by atoms with Crippen LogP contribution in [-0.4, -0.2) is 9.38 Å². The molecule has 0 amide bonds. The largest absolute Gasteiger partial charge is 0.294 e. The molecule has 0 saturated carbocycles. The first-order chi connectivity index (χ1) is 8.15. The van der Waals surface area contributed by atoms with Crippen LogP contribution < -0.4 is 0 Å². The molecule has 17 heavy (non-hydrogen) atoms. The van der Waals surface area contributed by atoms with Gasteiger partial charge in [-0.05, 0) is 25.1 Å².